The van der Waals surface area contributed by atoms with Crippen molar-refractivity contribution in [2.75, 3.05) is 11.0 Å². The Hall–Kier alpha value is -0.330. The fourth-order valence-electron chi connectivity index (χ4n) is 2.16. The minimum Gasteiger partial charge on any atom is -0.368 e. The van der Waals surface area contributed by atoms with E-state index in [2.05, 4.69) is 22.6 Å². The second-order valence-corrected chi connectivity index (χ2v) is 5.17. The van der Waals surface area contributed by atoms with E-state index in [9.17, 15) is 9.59 Å². The number of amides is 2. The highest BCUT2D eigenvalue weighted by Crippen LogP contribution is 2.21. The molecule has 0 radical (unpaired) electrons. The van der Waals surface area contributed by atoms with Gasteiger partial charge in [0.1, 0.15) is 6.04 Å². The van der Waals surface area contributed by atoms with Crippen LogP contribution in [0.3, 0.4) is 0 Å². The number of rotatable bonds is 4. The van der Waals surface area contributed by atoms with Crippen LogP contribution in [0.1, 0.15) is 32.6 Å². The molecule has 1 fully saturated rings. The van der Waals surface area contributed by atoms with E-state index in [-0.39, 0.29) is 11.8 Å². The molecule has 2 N–H and O–H groups in total. The van der Waals surface area contributed by atoms with Crippen molar-refractivity contribution in [3.63, 3.8) is 0 Å². The van der Waals surface area contributed by atoms with E-state index in [1.54, 1.807) is 4.90 Å². The average molecular weight is 338 g/mol. The van der Waals surface area contributed by atoms with Crippen molar-refractivity contribution in [2.45, 2.75) is 38.6 Å². The van der Waals surface area contributed by atoms with Gasteiger partial charge >= 0.3 is 0 Å². The molecule has 0 aliphatic carbocycles. The number of nitrogens with zero attached hydrogens (tertiary/aromatic N) is 1. The third kappa shape index (κ3) is 3.33. The van der Waals surface area contributed by atoms with Gasteiger partial charge in [-0.3, -0.25) is 9.59 Å². The van der Waals surface area contributed by atoms with Gasteiger partial charge in [-0.1, -0.05) is 29.5 Å². The van der Waals surface area contributed by atoms with E-state index in [1.165, 1.54) is 0 Å². The van der Waals surface area contributed by atoms with Crippen molar-refractivity contribution >= 4 is 34.4 Å². The molecule has 4 nitrogen and oxygen atoms in total. The Labute approximate surface area is 110 Å². The minimum atomic E-state index is -0.420. The number of primary amides is 1. The first-order chi connectivity index (χ1) is 7.60. The molecular weight excluding hydrogens is 319 g/mol. The highest BCUT2D eigenvalue weighted by atomic mass is 127. The Kier molecular flexibility index (Phi) is 5.51. The summed E-state index contributed by atoms with van der Waals surface area (Å²) in [6, 6.07) is -0.420. The van der Waals surface area contributed by atoms with E-state index in [4.69, 9.17) is 5.73 Å². The fourth-order valence-corrected chi connectivity index (χ4v) is 2.88. The quantitative estimate of drug-likeness (QED) is 0.621. The molecule has 1 heterocycles. The van der Waals surface area contributed by atoms with Gasteiger partial charge in [0, 0.05) is 17.4 Å². The van der Waals surface area contributed by atoms with Crippen LogP contribution in [-0.4, -0.2) is 33.7 Å². The first kappa shape index (κ1) is 13.7. The third-order valence-electron chi connectivity index (χ3n) is 3.09. The standard InChI is InChI=1S/C11H19IN2O2/c1-2-9(11(13)16)14-7-8(6-12)4-3-5-10(14)15/h8-9H,2-7H2,1H3,(H2,13,16). The smallest absolute Gasteiger partial charge is 0.240 e. The zero-order chi connectivity index (χ0) is 12.1. The SMILES string of the molecule is CCC(C(N)=O)N1CC(CI)CCCC1=O. The molecule has 2 unspecified atom stereocenters. The summed E-state index contributed by atoms with van der Waals surface area (Å²) < 4.78 is 1.02. The number of alkyl halides is 1. The van der Waals surface area contributed by atoms with Crippen LogP contribution in [0.5, 0.6) is 0 Å². The molecule has 2 amide bonds. The van der Waals surface area contributed by atoms with Crippen LogP contribution in [0.2, 0.25) is 0 Å². The highest BCUT2D eigenvalue weighted by Gasteiger charge is 2.30. The van der Waals surface area contributed by atoms with Gasteiger partial charge in [-0.05, 0) is 25.2 Å². The molecule has 0 spiro atoms. The molecule has 92 valence electrons. The van der Waals surface area contributed by atoms with E-state index in [0.29, 0.717) is 25.3 Å². The lowest BCUT2D eigenvalue weighted by molar-refractivity contribution is -0.139. The molecule has 16 heavy (non-hydrogen) atoms. The van der Waals surface area contributed by atoms with Crippen molar-refractivity contribution in [1.29, 1.82) is 0 Å². The summed E-state index contributed by atoms with van der Waals surface area (Å²) in [7, 11) is 0. The van der Waals surface area contributed by atoms with Crippen molar-refractivity contribution in [3.05, 3.63) is 0 Å². The molecule has 1 saturated heterocycles. The van der Waals surface area contributed by atoms with Gasteiger partial charge in [-0.2, -0.15) is 0 Å². The zero-order valence-electron chi connectivity index (χ0n) is 9.62. The van der Waals surface area contributed by atoms with Crippen LogP contribution >= 0.6 is 22.6 Å². The largest absolute Gasteiger partial charge is 0.368 e. The molecule has 1 aliphatic heterocycles. The normalized spacial score (nSPS) is 24.0. The maximum Gasteiger partial charge on any atom is 0.240 e. The van der Waals surface area contributed by atoms with E-state index in [1.807, 2.05) is 6.92 Å². The van der Waals surface area contributed by atoms with Crippen molar-refractivity contribution in [2.24, 2.45) is 11.7 Å². The molecule has 0 aromatic carbocycles. The van der Waals surface area contributed by atoms with Crippen LogP contribution in [-0.2, 0) is 9.59 Å². The number of hydrogen-bond donors (Lipinski definition) is 1. The number of hydrogen-bond acceptors (Lipinski definition) is 2. The number of halogens is 1. The van der Waals surface area contributed by atoms with Gasteiger partial charge in [0.15, 0.2) is 0 Å². The van der Waals surface area contributed by atoms with Crippen LogP contribution in [0.15, 0.2) is 0 Å². The summed E-state index contributed by atoms with van der Waals surface area (Å²) in [5.41, 5.74) is 5.34. The van der Waals surface area contributed by atoms with Crippen molar-refractivity contribution in [1.82, 2.24) is 4.90 Å². The number of carbonyl (C=O) groups excluding carboxylic acids is 2. The zero-order valence-corrected chi connectivity index (χ0v) is 11.8. The molecule has 0 aromatic rings. The average Bonchev–Trinajstić information content (AvgIpc) is 2.42. The van der Waals surface area contributed by atoms with Crippen LogP contribution in [0.4, 0.5) is 0 Å². The van der Waals surface area contributed by atoms with Gasteiger partial charge in [-0.25, -0.2) is 0 Å². The highest BCUT2D eigenvalue weighted by molar-refractivity contribution is 14.1. The van der Waals surface area contributed by atoms with Gasteiger partial charge in [-0.15, -0.1) is 0 Å². The Balaban J connectivity index is 2.79. The van der Waals surface area contributed by atoms with Gasteiger partial charge < -0.3 is 10.6 Å². The number of likely N-dealkylation sites (tertiary alicyclic amines) is 1. The summed E-state index contributed by atoms with van der Waals surface area (Å²) in [6.45, 7) is 2.58. The van der Waals surface area contributed by atoms with Crippen LogP contribution < -0.4 is 5.73 Å². The van der Waals surface area contributed by atoms with Crippen molar-refractivity contribution in [3.8, 4) is 0 Å². The maximum atomic E-state index is 11.9. The second-order valence-electron chi connectivity index (χ2n) is 4.29. The van der Waals surface area contributed by atoms with E-state index in [0.717, 1.165) is 17.3 Å². The molecule has 1 rings (SSSR count). The molecule has 0 bridgehead atoms. The van der Waals surface area contributed by atoms with Crippen LogP contribution in [0, 0.1) is 5.92 Å². The molecule has 0 saturated carbocycles. The minimum absolute atomic E-state index is 0.0815. The summed E-state index contributed by atoms with van der Waals surface area (Å²) in [4.78, 5) is 24.9. The lowest BCUT2D eigenvalue weighted by atomic mass is 10.1. The first-order valence-corrected chi connectivity index (χ1v) is 7.27. The van der Waals surface area contributed by atoms with E-state index >= 15 is 0 Å². The number of carbonyl (C=O) groups is 2. The molecule has 0 aromatic heterocycles. The summed E-state index contributed by atoms with van der Waals surface area (Å²) in [5, 5.41) is 0. The van der Waals surface area contributed by atoms with Gasteiger partial charge in [0.25, 0.3) is 0 Å². The van der Waals surface area contributed by atoms with Crippen LogP contribution in [0.25, 0.3) is 0 Å². The summed E-state index contributed by atoms with van der Waals surface area (Å²) >= 11 is 2.34. The second kappa shape index (κ2) is 6.42. The predicted octanol–water partition coefficient (Wildman–Crippen LogP) is 1.31. The number of nitrogens with two attached hydrogens (primary N) is 1. The molecule has 2 atom stereocenters. The monoisotopic (exact) mass is 338 g/mol. The maximum absolute atomic E-state index is 11.9. The lowest BCUT2D eigenvalue weighted by Gasteiger charge is -2.29. The topological polar surface area (TPSA) is 63.4 Å². The molecule has 5 heteroatoms. The fraction of sp³-hybridized carbons (Fsp3) is 0.818. The van der Waals surface area contributed by atoms with Gasteiger partial charge in [0.2, 0.25) is 11.8 Å². The Morgan fingerprint density at radius 3 is 2.88 bits per heavy atom. The Bertz CT molecular complexity index is 271. The van der Waals surface area contributed by atoms with Crippen molar-refractivity contribution < 1.29 is 9.59 Å². The first-order valence-electron chi connectivity index (χ1n) is 5.74. The third-order valence-corrected chi connectivity index (χ3v) is 4.33. The summed E-state index contributed by atoms with van der Waals surface area (Å²) in [6.07, 6.45) is 3.16. The Morgan fingerprint density at radius 2 is 2.38 bits per heavy atom. The van der Waals surface area contributed by atoms with E-state index < -0.39 is 6.04 Å². The Morgan fingerprint density at radius 1 is 1.69 bits per heavy atom. The predicted molar refractivity (Wildman–Crippen MR) is 71.2 cm³/mol. The molecular formula is C11H19IN2O2. The molecule has 1 aliphatic rings. The van der Waals surface area contributed by atoms with Gasteiger partial charge in [0.05, 0.1) is 0 Å². The lowest BCUT2D eigenvalue weighted by Crippen LogP contribution is -2.48. The summed E-state index contributed by atoms with van der Waals surface area (Å²) in [5.74, 6) is 0.198.